The molecule has 2 aliphatic heterocycles. The third kappa shape index (κ3) is 4.44. The molecule has 2 atom stereocenters. The van der Waals surface area contributed by atoms with Crippen LogP contribution in [0.4, 0.5) is 0 Å². The third-order valence-electron chi connectivity index (χ3n) is 9.47. The first kappa shape index (κ1) is 24.5. The molecule has 3 aromatic rings. The van der Waals surface area contributed by atoms with Gasteiger partial charge >= 0.3 is 0 Å². The van der Waals surface area contributed by atoms with Crippen LogP contribution in [0.15, 0.2) is 65.8 Å². The monoisotopic (exact) mass is 520 g/mol. The molecule has 2 saturated carbocycles. The molecule has 1 saturated heterocycles. The van der Waals surface area contributed by atoms with Gasteiger partial charge in [0.2, 0.25) is 5.91 Å². The van der Waals surface area contributed by atoms with E-state index in [1.807, 2.05) is 17.2 Å². The van der Waals surface area contributed by atoms with Crippen LogP contribution in [-0.2, 0) is 9.59 Å². The molecular weight excluding hydrogens is 484 g/mol. The number of aliphatic imine (C=N–C) groups is 1. The lowest BCUT2D eigenvalue weighted by molar-refractivity contribution is -0.132. The zero-order valence-electron chi connectivity index (χ0n) is 22.7. The topological polar surface area (TPSA) is 65.9 Å². The molecule has 2 unspecified atom stereocenters. The molecule has 1 aromatic heterocycles. The highest BCUT2D eigenvalue weighted by molar-refractivity contribution is 6.15. The third-order valence-corrected chi connectivity index (χ3v) is 9.47. The number of nitrogens with zero attached hydrogens (tertiary/aromatic N) is 4. The smallest absolute Gasteiger partial charge is 0.256 e. The van der Waals surface area contributed by atoms with E-state index in [1.54, 1.807) is 0 Å². The fourth-order valence-corrected chi connectivity index (χ4v) is 6.88. The fourth-order valence-electron chi connectivity index (χ4n) is 6.88. The maximum atomic E-state index is 13.9. The minimum Gasteiger partial charge on any atom is -0.342 e. The van der Waals surface area contributed by atoms with Crippen molar-refractivity contribution in [2.75, 3.05) is 19.6 Å². The Balaban J connectivity index is 1.13. The number of fused-ring (bicyclic) bond motifs is 1. The van der Waals surface area contributed by atoms with Crippen molar-refractivity contribution in [2.24, 2.45) is 22.7 Å². The minimum absolute atomic E-state index is 0.178. The summed E-state index contributed by atoms with van der Waals surface area (Å²) in [7, 11) is 0. The second-order valence-electron chi connectivity index (χ2n) is 12.2. The lowest BCUT2D eigenvalue weighted by Crippen LogP contribution is -2.44. The van der Waals surface area contributed by atoms with Gasteiger partial charge in [0.15, 0.2) is 0 Å². The molecule has 7 rings (SSSR count). The molecule has 39 heavy (non-hydrogen) atoms. The number of amides is 2. The number of hydrogen-bond donors (Lipinski definition) is 0. The molecule has 0 radical (unpaired) electrons. The average molecular weight is 521 g/mol. The Bertz CT molecular complexity index is 1450. The molecule has 1 spiro atoms. The SMILES string of the molecule is CC(CN1C(=O)C2(CCCC2)N=C1c1ccc(-c2ccc3ncccc3c2)cc1)C1CCN(C(=O)C2CC2)C1. The summed E-state index contributed by atoms with van der Waals surface area (Å²) in [6.07, 6.45) is 8.75. The van der Waals surface area contributed by atoms with E-state index in [0.29, 0.717) is 24.3 Å². The lowest BCUT2D eigenvalue weighted by atomic mass is 9.91. The van der Waals surface area contributed by atoms with Crippen LogP contribution in [0.2, 0.25) is 0 Å². The van der Waals surface area contributed by atoms with E-state index >= 15 is 0 Å². The van der Waals surface area contributed by atoms with Crippen LogP contribution in [0.25, 0.3) is 22.0 Å². The number of rotatable bonds is 6. The largest absolute Gasteiger partial charge is 0.342 e. The van der Waals surface area contributed by atoms with E-state index in [0.717, 1.165) is 91.5 Å². The average Bonchev–Trinajstić information content (AvgIpc) is 3.39. The van der Waals surface area contributed by atoms with Gasteiger partial charge < -0.3 is 4.90 Å². The Morgan fingerprint density at radius 2 is 1.74 bits per heavy atom. The standard InChI is InChI=1S/C33H36N4O2/c1-22(28-14-18-36(21-28)31(38)25-10-11-25)20-37-30(35-33(32(37)39)15-2-3-16-33)24-8-6-23(7-9-24)26-12-13-29-27(19-26)5-4-17-34-29/h4-9,12-13,17,19,22,25,28H,2-3,10-11,14-16,18,20-21H2,1H3. The number of hydrogen-bond acceptors (Lipinski definition) is 4. The molecule has 2 amide bonds. The summed E-state index contributed by atoms with van der Waals surface area (Å²) in [6.45, 7) is 4.59. The van der Waals surface area contributed by atoms with E-state index in [9.17, 15) is 9.59 Å². The van der Waals surface area contributed by atoms with Crippen LogP contribution in [0.5, 0.6) is 0 Å². The van der Waals surface area contributed by atoms with Gasteiger partial charge in [-0.3, -0.25) is 24.5 Å². The zero-order chi connectivity index (χ0) is 26.6. The lowest BCUT2D eigenvalue weighted by Gasteiger charge is -2.28. The van der Waals surface area contributed by atoms with Crippen molar-refractivity contribution >= 4 is 28.6 Å². The number of carbonyl (C=O) groups excluding carboxylic acids is 2. The molecule has 3 heterocycles. The molecule has 3 fully saturated rings. The molecule has 0 N–H and O–H groups in total. The van der Waals surface area contributed by atoms with Gasteiger partial charge in [0, 0.05) is 42.7 Å². The van der Waals surface area contributed by atoms with Crippen molar-refractivity contribution in [1.29, 1.82) is 0 Å². The quantitative estimate of drug-likeness (QED) is 0.419. The second kappa shape index (κ2) is 9.58. The number of likely N-dealkylation sites (tertiary alicyclic amines) is 1. The number of pyridine rings is 1. The van der Waals surface area contributed by atoms with Crippen molar-refractivity contribution in [2.45, 2.75) is 57.4 Å². The van der Waals surface area contributed by atoms with Crippen molar-refractivity contribution in [3.8, 4) is 11.1 Å². The van der Waals surface area contributed by atoms with Gasteiger partial charge in [0.25, 0.3) is 5.91 Å². The normalized spacial score (nSPS) is 23.2. The molecule has 200 valence electrons. The second-order valence-corrected chi connectivity index (χ2v) is 12.2. The highest BCUT2D eigenvalue weighted by Gasteiger charge is 2.50. The van der Waals surface area contributed by atoms with Crippen LogP contribution in [0, 0.1) is 17.8 Å². The van der Waals surface area contributed by atoms with Gasteiger partial charge in [-0.2, -0.15) is 0 Å². The van der Waals surface area contributed by atoms with E-state index in [2.05, 4.69) is 65.3 Å². The van der Waals surface area contributed by atoms with Crippen LogP contribution in [0.3, 0.4) is 0 Å². The number of aromatic nitrogens is 1. The van der Waals surface area contributed by atoms with Crippen LogP contribution in [0.1, 0.15) is 57.4 Å². The summed E-state index contributed by atoms with van der Waals surface area (Å²) in [5.41, 5.74) is 3.70. The predicted molar refractivity (Wildman–Crippen MR) is 153 cm³/mol. The van der Waals surface area contributed by atoms with Gasteiger partial charge in [0.05, 0.1) is 5.52 Å². The minimum atomic E-state index is -0.581. The first-order chi connectivity index (χ1) is 19.0. The maximum absolute atomic E-state index is 13.9. The van der Waals surface area contributed by atoms with Crippen molar-refractivity contribution in [1.82, 2.24) is 14.8 Å². The van der Waals surface area contributed by atoms with Gasteiger partial charge in [-0.25, -0.2) is 0 Å². The molecule has 6 heteroatoms. The van der Waals surface area contributed by atoms with E-state index < -0.39 is 5.54 Å². The van der Waals surface area contributed by atoms with E-state index in [1.165, 1.54) is 0 Å². The van der Waals surface area contributed by atoms with Crippen molar-refractivity contribution < 1.29 is 9.59 Å². The van der Waals surface area contributed by atoms with Crippen LogP contribution >= 0.6 is 0 Å². The summed E-state index contributed by atoms with van der Waals surface area (Å²) in [6, 6.07) is 18.9. The van der Waals surface area contributed by atoms with Crippen molar-refractivity contribution in [3.63, 3.8) is 0 Å². The number of benzene rings is 2. The van der Waals surface area contributed by atoms with Gasteiger partial charge in [-0.1, -0.05) is 56.2 Å². The molecule has 0 bridgehead atoms. The van der Waals surface area contributed by atoms with Crippen LogP contribution < -0.4 is 0 Å². The maximum Gasteiger partial charge on any atom is 0.256 e. The Labute approximate surface area is 230 Å². The molecule has 6 nitrogen and oxygen atoms in total. The highest BCUT2D eigenvalue weighted by Crippen LogP contribution is 2.41. The number of carbonyl (C=O) groups is 2. The molecule has 2 aliphatic carbocycles. The fraction of sp³-hybridized carbons (Fsp3) is 0.455. The van der Waals surface area contributed by atoms with Gasteiger partial charge in [0.1, 0.15) is 11.4 Å². The number of amidine groups is 1. The Morgan fingerprint density at radius 1 is 1.00 bits per heavy atom. The summed E-state index contributed by atoms with van der Waals surface area (Å²) in [5, 5.41) is 1.12. The van der Waals surface area contributed by atoms with E-state index in [-0.39, 0.29) is 11.8 Å². The Hall–Kier alpha value is -3.54. The Morgan fingerprint density at radius 3 is 2.51 bits per heavy atom. The van der Waals surface area contributed by atoms with Crippen molar-refractivity contribution in [3.05, 3.63) is 66.4 Å². The molecule has 4 aliphatic rings. The molecule has 2 aromatic carbocycles. The van der Waals surface area contributed by atoms with E-state index in [4.69, 9.17) is 4.99 Å². The predicted octanol–water partition coefficient (Wildman–Crippen LogP) is 5.70. The molecular formula is C33H36N4O2. The van der Waals surface area contributed by atoms with Crippen LogP contribution in [-0.4, -0.2) is 57.6 Å². The van der Waals surface area contributed by atoms with Gasteiger partial charge in [-0.05, 0) is 73.3 Å². The summed E-state index contributed by atoms with van der Waals surface area (Å²) < 4.78 is 0. The summed E-state index contributed by atoms with van der Waals surface area (Å²) in [5.74, 6) is 2.35. The Kier molecular flexibility index (Phi) is 6.02. The first-order valence-electron chi connectivity index (χ1n) is 14.7. The summed E-state index contributed by atoms with van der Waals surface area (Å²) >= 11 is 0. The van der Waals surface area contributed by atoms with Gasteiger partial charge in [-0.15, -0.1) is 0 Å². The zero-order valence-corrected chi connectivity index (χ0v) is 22.7. The highest BCUT2D eigenvalue weighted by atomic mass is 16.2. The first-order valence-corrected chi connectivity index (χ1v) is 14.7. The summed E-state index contributed by atoms with van der Waals surface area (Å²) in [4.78, 5) is 40.2.